The molecule has 1 rings (SSSR count). The molecule has 0 fully saturated rings. The molecule has 0 saturated carbocycles. The van der Waals surface area contributed by atoms with Gasteiger partial charge in [-0.2, -0.15) is 0 Å². The van der Waals surface area contributed by atoms with E-state index in [9.17, 15) is 0 Å². The van der Waals surface area contributed by atoms with E-state index in [1.54, 1.807) is 11.3 Å². The third-order valence-corrected chi connectivity index (χ3v) is 5.11. The molecule has 0 saturated heterocycles. The first-order chi connectivity index (χ1) is 7.50. The molecule has 5 heteroatoms. The maximum absolute atomic E-state index is 6.02. The third-order valence-electron chi connectivity index (χ3n) is 2.19. The maximum atomic E-state index is 6.02. The second-order valence-electron chi connectivity index (χ2n) is 4.10. The van der Waals surface area contributed by atoms with Crippen molar-refractivity contribution in [2.75, 3.05) is 26.4 Å². The van der Waals surface area contributed by atoms with Crippen LogP contribution in [0.5, 0.6) is 0 Å². The predicted molar refractivity (Wildman–Crippen MR) is 76.7 cm³/mol. The number of rotatable bonds is 6. The van der Waals surface area contributed by atoms with Gasteiger partial charge >= 0.3 is 0 Å². The average Bonchev–Trinajstić information content (AvgIpc) is 2.58. The van der Waals surface area contributed by atoms with Crippen molar-refractivity contribution in [2.24, 2.45) is 5.73 Å². The van der Waals surface area contributed by atoms with E-state index < -0.39 is 0 Å². The highest BCUT2D eigenvalue weighted by atomic mass is 35.5. The van der Waals surface area contributed by atoms with E-state index in [0.717, 1.165) is 16.6 Å². The van der Waals surface area contributed by atoms with Gasteiger partial charge in [-0.15, -0.1) is 23.1 Å². The number of nitrogens with zero attached hydrogens (tertiary/aromatic N) is 1. The average molecular weight is 279 g/mol. The highest BCUT2D eigenvalue weighted by Gasteiger charge is 2.18. The van der Waals surface area contributed by atoms with Crippen LogP contribution in [0.4, 0.5) is 0 Å². The minimum atomic E-state index is 0.155. The molecule has 0 aromatic carbocycles. The van der Waals surface area contributed by atoms with Crippen molar-refractivity contribution in [2.45, 2.75) is 18.2 Å². The van der Waals surface area contributed by atoms with Crippen LogP contribution in [0.1, 0.15) is 17.1 Å². The number of thioether (sulfide) groups is 1. The molecular weight excluding hydrogens is 260 g/mol. The van der Waals surface area contributed by atoms with Gasteiger partial charge in [0.05, 0.1) is 9.59 Å². The lowest BCUT2D eigenvalue weighted by Crippen LogP contribution is -2.23. The van der Waals surface area contributed by atoms with Crippen LogP contribution in [0.3, 0.4) is 0 Å². The Morgan fingerprint density at radius 1 is 1.50 bits per heavy atom. The highest BCUT2D eigenvalue weighted by molar-refractivity contribution is 7.99. The fraction of sp³-hybridized carbons (Fsp3) is 0.636. The summed E-state index contributed by atoms with van der Waals surface area (Å²) in [6.45, 7) is 3.13. The molecule has 92 valence electrons. The van der Waals surface area contributed by atoms with Crippen molar-refractivity contribution in [3.05, 3.63) is 21.3 Å². The largest absolute Gasteiger partial charge is 0.327 e. The Balaban J connectivity index is 2.55. The van der Waals surface area contributed by atoms with Crippen LogP contribution in [0, 0.1) is 0 Å². The molecule has 0 radical (unpaired) electrons. The van der Waals surface area contributed by atoms with Gasteiger partial charge in [-0.3, -0.25) is 0 Å². The topological polar surface area (TPSA) is 29.3 Å². The summed E-state index contributed by atoms with van der Waals surface area (Å²) < 4.78 is 0.842. The molecule has 2 atom stereocenters. The number of nitrogens with two attached hydrogens (primary N) is 1. The fourth-order valence-corrected chi connectivity index (χ4v) is 4.11. The predicted octanol–water partition coefficient (Wildman–Crippen LogP) is 3.08. The minimum Gasteiger partial charge on any atom is -0.327 e. The molecule has 0 aliphatic carbocycles. The summed E-state index contributed by atoms with van der Waals surface area (Å²) in [6, 6.07) is 4.19. The maximum Gasteiger partial charge on any atom is 0.0931 e. The summed E-state index contributed by atoms with van der Waals surface area (Å²) in [7, 11) is 4.17. The zero-order valence-corrected chi connectivity index (χ0v) is 12.3. The molecule has 16 heavy (non-hydrogen) atoms. The summed E-state index contributed by atoms with van der Waals surface area (Å²) in [6.07, 6.45) is 0. The van der Waals surface area contributed by atoms with Gasteiger partial charge in [0.2, 0.25) is 0 Å². The second-order valence-corrected chi connectivity index (χ2v) is 7.09. The van der Waals surface area contributed by atoms with Crippen LogP contribution in [-0.4, -0.2) is 37.3 Å². The van der Waals surface area contributed by atoms with Crippen molar-refractivity contribution in [3.8, 4) is 0 Å². The van der Waals surface area contributed by atoms with Crippen molar-refractivity contribution < 1.29 is 0 Å². The molecule has 2 N–H and O–H groups in total. The lowest BCUT2D eigenvalue weighted by atomic mass is 10.2. The Bertz CT molecular complexity index is 313. The van der Waals surface area contributed by atoms with E-state index in [1.807, 2.05) is 17.8 Å². The van der Waals surface area contributed by atoms with Gasteiger partial charge in [-0.1, -0.05) is 11.6 Å². The van der Waals surface area contributed by atoms with Crippen LogP contribution in [0.25, 0.3) is 0 Å². The first-order valence-electron chi connectivity index (χ1n) is 5.28. The molecule has 1 aromatic heterocycles. The second kappa shape index (κ2) is 6.87. The molecular formula is C11H19ClN2S2. The molecule has 0 aliphatic rings. The Kier molecular flexibility index (Phi) is 6.15. The normalized spacial score (nSPS) is 15.4. The zero-order valence-electron chi connectivity index (χ0n) is 9.94. The first-order valence-corrected chi connectivity index (χ1v) is 7.52. The van der Waals surface area contributed by atoms with E-state index in [4.69, 9.17) is 17.3 Å². The number of hydrogen-bond donors (Lipinski definition) is 1. The monoisotopic (exact) mass is 278 g/mol. The smallest absolute Gasteiger partial charge is 0.0931 e. The Morgan fingerprint density at radius 3 is 2.62 bits per heavy atom. The summed E-state index contributed by atoms with van der Waals surface area (Å²) in [5.41, 5.74) is 6.02. The molecule has 0 spiro atoms. The van der Waals surface area contributed by atoms with Crippen LogP contribution < -0.4 is 5.73 Å². The number of hydrogen-bond acceptors (Lipinski definition) is 4. The van der Waals surface area contributed by atoms with Crippen LogP contribution in [0.15, 0.2) is 12.1 Å². The molecule has 2 nitrogen and oxygen atoms in total. The third kappa shape index (κ3) is 4.63. The van der Waals surface area contributed by atoms with Crippen molar-refractivity contribution >= 4 is 34.7 Å². The Morgan fingerprint density at radius 2 is 2.19 bits per heavy atom. The van der Waals surface area contributed by atoms with E-state index >= 15 is 0 Å². The molecule has 1 heterocycles. The molecule has 0 bridgehead atoms. The van der Waals surface area contributed by atoms with E-state index in [2.05, 4.69) is 32.0 Å². The van der Waals surface area contributed by atoms with E-state index in [0.29, 0.717) is 5.25 Å². The van der Waals surface area contributed by atoms with Crippen molar-refractivity contribution in [3.63, 3.8) is 0 Å². The number of halogens is 1. The number of thiophene rings is 1. The van der Waals surface area contributed by atoms with Crippen molar-refractivity contribution in [1.29, 1.82) is 0 Å². The van der Waals surface area contributed by atoms with Crippen LogP contribution >= 0.6 is 34.7 Å². The van der Waals surface area contributed by atoms with Gasteiger partial charge in [0.25, 0.3) is 0 Å². The zero-order chi connectivity index (χ0) is 12.1. The highest BCUT2D eigenvalue weighted by Crippen LogP contribution is 2.37. The minimum absolute atomic E-state index is 0.155. The van der Waals surface area contributed by atoms with Crippen LogP contribution in [0.2, 0.25) is 4.34 Å². The van der Waals surface area contributed by atoms with Gasteiger partial charge in [-0.05, 0) is 33.2 Å². The molecule has 2 unspecified atom stereocenters. The molecule has 0 aliphatic heterocycles. The lowest BCUT2D eigenvalue weighted by Gasteiger charge is -2.20. The molecule has 1 aromatic rings. The van der Waals surface area contributed by atoms with Crippen molar-refractivity contribution in [1.82, 2.24) is 4.90 Å². The first kappa shape index (κ1) is 14.3. The Labute approximate surface area is 111 Å². The van der Waals surface area contributed by atoms with Gasteiger partial charge in [0, 0.05) is 23.2 Å². The van der Waals surface area contributed by atoms with Gasteiger partial charge in [0.1, 0.15) is 0 Å². The Hall–Kier alpha value is 0.260. The van der Waals surface area contributed by atoms with E-state index in [1.165, 1.54) is 4.88 Å². The fourth-order valence-electron chi connectivity index (χ4n) is 1.34. The van der Waals surface area contributed by atoms with Crippen LogP contribution in [-0.2, 0) is 0 Å². The standard InChI is InChI=1S/C11H19ClN2S2/c1-8(13)11(15-7-6-14(2)3)9-4-5-10(12)16-9/h4-5,8,11H,6-7,13H2,1-3H3. The summed E-state index contributed by atoms with van der Waals surface area (Å²) in [5.74, 6) is 1.09. The summed E-state index contributed by atoms with van der Waals surface area (Å²) in [5, 5.41) is 0.359. The summed E-state index contributed by atoms with van der Waals surface area (Å²) in [4.78, 5) is 3.47. The quantitative estimate of drug-likeness (QED) is 0.867. The molecule has 0 amide bonds. The lowest BCUT2D eigenvalue weighted by molar-refractivity contribution is 0.437. The van der Waals surface area contributed by atoms with Gasteiger partial charge < -0.3 is 10.6 Å². The summed E-state index contributed by atoms with van der Waals surface area (Å²) >= 11 is 9.50. The SMILES string of the molecule is CC(N)C(SCCN(C)C)c1ccc(Cl)s1. The van der Waals surface area contributed by atoms with Gasteiger partial charge in [0.15, 0.2) is 0 Å². The van der Waals surface area contributed by atoms with Gasteiger partial charge in [-0.25, -0.2) is 0 Å². The van der Waals surface area contributed by atoms with E-state index in [-0.39, 0.29) is 6.04 Å².